The van der Waals surface area contributed by atoms with Gasteiger partial charge in [0.2, 0.25) is 0 Å². The minimum absolute atomic E-state index is 0. The molecule has 0 heterocycles. The van der Waals surface area contributed by atoms with Crippen molar-refractivity contribution in [2.75, 3.05) is 0 Å². The second-order valence-electron chi connectivity index (χ2n) is 2.70. The minimum Gasteiger partial charge on any atom is -0.397 e. The van der Waals surface area contributed by atoms with Crippen LogP contribution in [0.4, 0.5) is 0 Å². The molecule has 0 aromatic heterocycles. The molecule has 1 radical (unpaired) electrons. The maximum Gasteiger partial charge on any atom is 0.0518 e. The van der Waals surface area contributed by atoms with E-state index in [1.807, 2.05) is 5.92 Å². The van der Waals surface area contributed by atoms with E-state index in [-0.39, 0.29) is 26.2 Å². The van der Waals surface area contributed by atoms with Crippen molar-refractivity contribution < 1.29 is 25.2 Å². The summed E-state index contributed by atoms with van der Waals surface area (Å²) >= 11 is 0. The van der Waals surface area contributed by atoms with E-state index in [0.717, 1.165) is 0 Å². The average molecular weight is 295 g/mol. The van der Waals surface area contributed by atoms with Gasteiger partial charge in [-0.15, -0.1) is 0 Å². The van der Waals surface area contributed by atoms with E-state index in [0.29, 0.717) is 0 Å². The fourth-order valence-electron chi connectivity index (χ4n) is 0.188. The largest absolute Gasteiger partial charge is 0.397 e. The molecule has 0 saturated carbocycles. The Bertz CT molecular complexity index is 136. The van der Waals surface area contributed by atoms with Crippen molar-refractivity contribution in [2.24, 2.45) is 5.41 Å². The molecule has 0 aliphatic carbocycles. The van der Waals surface area contributed by atoms with Crippen LogP contribution in [0.5, 0.6) is 0 Å². The summed E-state index contributed by atoms with van der Waals surface area (Å²) in [5.41, 5.74) is -0.429. The van der Waals surface area contributed by atoms with Crippen LogP contribution in [0.3, 0.4) is 0 Å². The van der Waals surface area contributed by atoms with Gasteiger partial charge in [-0.3, -0.25) is 5.92 Å². The molecule has 0 atom stereocenters. The zero-order valence-corrected chi connectivity index (χ0v) is 8.50. The van der Waals surface area contributed by atoms with Crippen molar-refractivity contribution in [1.82, 2.24) is 0 Å². The molecular formula is C7H9ORe-. The quantitative estimate of drug-likeness (QED) is 0.485. The van der Waals surface area contributed by atoms with Crippen molar-refractivity contribution >= 4 is 5.78 Å². The third-order valence-corrected chi connectivity index (χ3v) is 0.795. The first kappa shape index (κ1) is 11.7. The molecule has 0 amide bonds. The third-order valence-electron chi connectivity index (χ3n) is 0.795. The van der Waals surface area contributed by atoms with E-state index in [4.69, 9.17) is 6.42 Å². The number of carbonyl (C=O) groups excluding carboxylic acids is 1. The number of carbonyl (C=O) groups is 1. The zero-order valence-electron chi connectivity index (χ0n) is 5.79. The van der Waals surface area contributed by atoms with Crippen LogP contribution in [0, 0.1) is 17.8 Å². The summed E-state index contributed by atoms with van der Waals surface area (Å²) in [6.45, 7) is 5.28. The summed E-state index contributed by atoms with van der Waals surface area (Å²) in [4.78, 5) is 10.5. The van der Waals surface area contributed by atoms with Gasteiger partial charge in [-0.2, -0.15) is 0 Å². The van der Waals surface area contributed by atoms with Gasteiger partial charge in [0.05, 0.1) is 5.78 Å². The number of hydrogen-bond donors (Lipinski definition) is 0. The Hall–Kier alpha value is -0.108. The molecule has 0 spiro atoms. The van der Waals surface area contributed by atoms with Crippen molar-refractivity contribution in [3.05, 3.63) is 6.42 Å². The van der Waals surface area contributed by atoms with Gasteiger partial charge in [-0.25, -0.2) is 0 Å². The summed E-state index contributed by atoms with van der Waals surface area (Å²) in [6, 6.07) is 0. The maximum atomic E-state index is 10.5. The van der Waals surface area contributed by atoms with Gasteiger partial charge in [0.15, 0.2) is 0 Å². The maximum absolute atomic E-state index is 10.5. The summed E-state index contributed by atoms with van der Waals surface area (Å²) in [5.74, 6) is 1.56. The molecule has 0 saturated heterocycles. The topological polar surface area (TPSA) is 17.1 Å². The van der Waals surface area contributed by atoms with E-state index >= 15 is 0 Å². The Morgan fingerprint density at radius 3 is 1.78 bits per heavy atom. The molecule has 0 N–H and O–H groups in total. The van der Waals surface area contributed by atoms with Gasteiger partial charge in [0, 0.05) is 20.4 Å². The van der Waals surface area contributed by atoms with E-state index in [2.05, 4.69) is 0 Å². The molecule has 0 fully saturated rings. The number of ketones is 1. The Morgan fingerprint density at radius 2 is 1.78 bits per heavy atom. The normalized spacial score (nSPS) is 9.11. The SMILES string of the molecule is [C-]#CC(=O)C(C)(C)C.[Re]. The third kappa shape index (κ3) is 4.40. The summed E-state index contributed by atoms with van der Waals surface area (Å²) < 4.78 is 0. The van der Waals surface area contributed by atoms with E-state index in [1.165, 1.54) is 0 Å². The van der Waals surface area contributed by atoms with Crippen LogP contribution in [0.25, 0.3) is 0 Å². The second kappa shape index (κ2) is 3.83. The molecule has 0 aromatic carbocycles. The molecule has 0 aliphatic heterocycles. The van der Waals surface area contributed by atoms with Crippen molar-refractivity contribution in [1.29, 1.82) is 0 Å². The summed E-state index contributed by atoms with van der Waals surface area (Å²) in [7, 11) is 0. The van der Waals surface area contributed by atoms with Gasteiger partial charge in [-0.1, -0.05) is 20.8 Å². The first-order chi connectivity index (χ1) is 3.48. The van der Waals surface area contributed by atoms with Crippen LogP contribution in [-0.2, 0) is 25.2 Å². The average Bonchev–Trinajstić information content (AvgIpc) is 1.62. The van der Waals surface area contributed by atoms with E-state index in [9.17, 15) is 4.79 Å². The van der Waals surface area contributed by atoms with Gasteiger partial charge in [0.25, 0.3) is 0 Å². The fraction of sp³-hybridized carbons (Fsp3) is 0.571. The zero-order chi connectivity index (χ0) is 6.78. The Morgan fingerprint density at radius 1 is 1.44 bits per heavy atom. The molecule has 0 unspecified atom stereocenters. The minimum atomic E-state index is -0.429. The second-order valence-corrected chi connectivity index (χ2v) is 2.70. The van der Waals surface area contributed by atoms with Crippen LogP contribution in [0.1, 0.15) is 20.8 Å². The molecule has 0 rings (SSSR count). The first-order valence-electron chi connectivity index (χ1n) is 2.45. The van der Waals surface area contributed by atoms with Crippen LogP contribution >= 0.6 is 0 Å². The summed E-state index contributed by atoms with van der Waals surface area (Å²) in [6.07, 6.45) is 6.46. The smallest absolute Gasteiger partial charge is 0.0518 e. The van der Waals surface area contributed by atoms with Gasteiger partial charge in [-0.05, 0) is 5.41 Å². The van der Waals surface area contributed by atoms with E-state index in [1.54, 1.807) is 20.8 Å². The molecular weight excluding hydrogens is 286 g/mol. The van der Waals surface area contributed by atoms with Crippen molar-refractivity contribution in [3.63, 3.8) is 0 Å². The van der Waals surface area contributed by atoms with Gasteiger partial charge in [0.1, 0.15) is 0 Å². The molecule has 0 aliphatic rings. The van der Waals surface area contributed by atoms with Crippen LogP contribution in [-0.4, -0.2) is 5.78 Å². The van der Waals surface area contributed by atoms with Crippen molar-refractivity contribution in [3.8, 4) is 5.92 Å². The number of rotatable bonds is 0. The summed E-state index contributed by atoms with van der Waals surface area (Å²) in [5, 5.41) is 0. The molecule has 9 heavy (non-hydrogen) atoms. The van der Waals surface area contributed by atoms with Crippen LogP contribution < -0.4 is 0 Å². The van der Waals surface area contributed by atoms with E-state index < -0.39 is 5.41 Å². The first-order valence-corrected chi connectivity index (χ1v) is 2.45. The monoisotopic (exact) mass is 296 g/mol. The molecule has 1 nitrogen and oxygen atoms in total. The Kier molecular flexibility index (Phi) is 4.96. The molecule has 0 aromatic rings. The predicted octanol–water partition coefficient (Wildman–Crippen LogP) is 1.19. The molecule has 2 heteroatoms. The van der Waals surface area contributed by atoms with Crippen LogP contribution in [0.15, 0.2) is 0 Å². The Labute approximate surface area is 69.9 Å². The number of hydrogen-bond acceptors (Lipinski definition) is 1. The number of Topliss-reactive ketones (excluding diaryl/α,β-unsaturated/α-hetero) is 1. The molecule has 51 valence electrons. The fourth-order valence-corrected chi connectivity index (χ4v) is 0.188. The standard InChI is InChI=1S/C7H9O.Re/c1-5-6(8)7(2,3)4;/h2-4H3;/q-1;. The van der Waals surface area contributed by atoms with Crippen LogP contribution in [0.2, 0.25) is 0 Å². The Balaban J connectivity index is 0. The van der Waals surface area contributed by atoms with Crippen molar-refractivity contribution in [2.45, 2.75) is 20.8 Å². The molecule has 0 bridgehead atoms. The van der Waals surface area contributed by atoms with Gasteiger partial charge < -0.3 is 11.2 Å². The van der Waals surface area contributed by atoms with Gasteiger partial charge >= 0.3 is 0 Å². The predicted molar refractivity (Wildman–Crippen MR) is 31.6 cm³/mol.